The fourth-order valence-electron chi connectivity index (χ4n) is 1.36. The molecule has 16 heavy (non-hydrogen) atoms. The van der Waals surface area contributed by atoms with Crippen molar-refractivity contribution in [3.63, 3.8) is 0 Å². The van der Waals surface area contributed by atoms with Crippen LogP contribution in [0.2, 0.25) is 0 Å². The van der Waals surface area contributed by atoms with Crippen LogP contribution in [0.4, 0.5) is 0 Å². The Bertz CT molecular complexity index is 409. The molecule has 2 heterocycles. The van der Waals surface area contributed by atoms with E-state index >= 15 is 0 Å². The van der Waals surface area contributed by atoms with Crippen LogP contribution in [-0.2, 0) is 20.0 Å². The van der Waals surface area contributed by atoms with Crippen LogP contribution in [0.15, 0.2) is 27.5 Å². The van der Waals surface area contributed by atoms with Gasteiger partial charge in [0.2, 0.25) is 0 Å². The number of hydrogen-bond donors (Lipinski definition) is 1. The van der Waals surface area contributed by atoms with Gasteiger partial charge < -0.3 is 9.73 Å². The van der Waals surface area contributed by atoms with Gasteiger partial charge in [-0.25, -0.2) is 4.98 Å². The van der Waals surface area contributed by atoms with Crippen molar-refractivity contribution in [1.82, 2.24) is 20.1 Å². The van der Waals surface area contributed by atoms with Crippen molar-refractivity contribution in [2.24, 2.45) is 7.05 Å². The van der Waals surface area contributed by atoms with Gasteiger partial charge in [-0.1, -0.05) is 0 Å². The van der Waals surface area contributed by atoms with Crippen LogP contribution in [0.3, 0.4) is 0 Å². The molecule has 0 unspecified atom stereocenters. The molecule has 1 N–H and O–H groups in total. The SMILES string of the molecule is Cn1cnc(CCNCc2ccc(Br)o2)n1. The Kier molecular flexibility index (Phi) is 3.74. The zero-order valence-electron chi connectivity index (χ0n) is 8.98. The number of rotatable bonds is 5. The lowest BCUT2D eigenvalue weighted by Gasteiger charge is -1.99. The molecule has 0 saturated carbocycles. The summed E-state index contributed by atoms with van der Waals surface area (Å²) in [5, 5.41) is 7.46. The Labute approximate surface area is 102 Å². The van der Waals surface area contributed by atoms with Crippen LogP contribution in [-0.4, -0.2) is 21.3 Å². The Morgan fingerprint density at radius 2 is 2.38 bits per heavy atom. The van der Waals surface area contributed by atoms with Gasteiger partial charge in [-0.05, 0) is 28.1 Å². The van der Waals surface area contributed by atoms with Crippen LogP contribution in [0.5, 0.6) is 0 Å². The molecule has 86 valence electrons. The van der Waals surface area contributed by atoms with Gasteiger partial charge in [-0.2, -0.15) is 5.10 Å². The summed E-state index contributed by atoms with van der Waals surface area (Å²) in [5.74, 6) is 1.77. The first-order valence-electron chi connectivity index (χ1n) is 5.03. The first-order valence-corrected chi connectivity index (χ1v) is 5.83. The van der Waals surface area contributed by atoms with E-state index in [-0.39, 0.29) is 0 Å². The Morgan fingerprint density at radius 3 is 3.00 bits per heavy atom. The summed E-state index contributed by atoms with van der Waals surface area (Å²) < 4.78 is 7.83. The molecule has 0 aliphatic heterocycles. The molecule has 5 nitrogen and oxygen atoms in total. The Hall–Kier alpha value is -1.14. The standard InChI is InChI=1S/C10H13BrN4O/c1-15-7-13-10(14-15)4-5-12-6-8-2-3-9(11)16-8/h2-3,7,12H,4-6H2,1H3. The summed E-state index contributed by atoms with van der Waals surface area (Å²) in [6, 6.07) is 3.83. The molecule has 2 rings (SSSR count). The predicted octanol–water partition coefficient (Wildman–Crippen LogP) is 1.50. The van der Waals surface area contributed by atoms with Crippen molar-refractivity contribution in [1.29, 1.82) is 0 Å². The summed E-state index contributed by atoms with van der Waals surface area (Å²) in [5.41, 5.74) is 0. The highest BCUT2D eigenvalue weighted by molar-refractivity contribution is 9.10. The molecule has 6 heteroatoms. The minimum absolute atomic E-state index is 0.721. The van der Waals surface area contributed by atoms with Gasteiger partial charge in [0, 0.05) is 20.0 Å². The van der Waals surface area contributed by atoms with E-state index in [0.717, 1.165) is 35.8 Å². The molecule has 2 aromatic rings. The zero-order valence-corrected chi connectivity index (χ0v) is 10.6. The predicted molar refractivity (Wildman–Crippen MR) is 62.8 cm³/mol. The molecule has 0 aromatic carbocycles. The van der Waals surface area contributed by atoms with Gasteiger partial charge in [0.1, 0.15) is 12.1 Å². The number of nitrogens with zero attached hydrogens (tertiary/aromatic N) is 3. The maximum absolute atomic E-state index is 5.36. The van der Waals surface area contributed by atoms with E-state index in [4.69, 9.17) is 4.42 Å². The Balaban J connectivity index is 1.69. The normalized spacial score (nSPS) is 10.9. The third-order valence-electron chi connectivity index (χ3n) is 2.10. The van der Waals surface area contributed by atoms with Crippen LogP contribution in [0.25, 0.3) is 0 Å². The van der Waals surface area contributed by atoms with E-state index in [2.05, 4.69) is 31.3 Å². The number of aromatic nitrogens is 3. The molecule has 0 atom stereocenters. The number of aryl methyl sites for hydroxylation is 1. The summed E-state index contributed by atoms with van der Waals surface area (Å²) in [4.78, 5) is 4.15. The third-order valence-corrected chi connectivity index (χ3v) is 2.53. The second-order valence-electron chi connectivity index (χ2n) is 3.47. The molecule has 0 saturated heterocycles. The number of furan rings is 1. The van der Waals surface area contributed by atoms with Gasteiger partial charge in [0.05, 0.1) is 6.54 Å². The van der Waals surface area contributed by atoms with E-state index in [1.54, 1.807) is 11.0 Å². The smallest absolute Gasteiger partial charge is 0.169 e. The van der Waals surface area contributed by atoms with Crippen molar-refractivity contribution in [2.75, 3.05) is 6.54 Å². The fraction of sp³-hybridized carbons (Fsp3) is 0.400. The molecule has 0 radical (unpaired) electrons. The molecular formula is C10H13BrN4O. The molecule has 2 aromatic heterocycles. The molecule has 0 bridgehead atoms. The van der Waals surface area contributed by atoms with Gasteiger partial charge in [0.25, 0.3) is 0 Å². The van der Waals surface area contributed by atoms with Gasteiger partial charge in [-0.15, -0.1) is 0 Å². The molecule has 0 amide bonds. The van der Waals surface area contributed by atoms with E-state index in [1.807, 2.05) is 19.2 Å². The van der Waals surface area contributed by atoms with Crippen molar-refractivity contribution in [3.05, 3.63) is 34.7 Å². The third kappa shape index (κ3) is 3.18. The highest BCUT2D eigenvalue weighted by Gasteiger charge is 2.00. The van der Waals surface area contributed by atoms with Crippen molar-refractivity contribution in [2.45, 2.75) is 13.0 Å². The minimum Gasteiger partial charge on any atom is -0.453 e. The average molecular weight is 285 g/mol. The van der Waals surface area contributed by atoms with Crippen LogP contribution >= 0.6 is 15.9 Å². The van der Waals surface area contributed by atoms with Crippen molar-refractivity contribution >= 4 is 15.9 Å². The van der Waals surface area contributed by atoms with Gasteiger partial charge >= 0.3 is 0 Å². The van der Waals surface area contributed by atoms with Gasteiger partial charge in [-0.3, -0.25) is 4.68 Å². The van der Waals surface area contributed by atoms with Crippen LogP contribution < -0.4 is 5.32 Å². The highest BCUT2D eigenvalue weighted by atomic mass is 79.9. The molecule has 0 aliphatic rings. The first-order chi connectivity index (χ1) is 7.74. The lowest BCUT2D eigenvalue weighted by molar-refractivity contribution is 0.465. The second kappa shape index (κ2) is 5.27. The van der Waals surface area contributed by atoms with E-state index in [1.165, 1.54) is 0 Å². The summed E-state index contributed by atoms with van der Waals surface area (Å²) in [6.45, 7) is 1.56. The minimum atomic E-state index is 0.721. The lowest BCUT2D eigenvalue weighted by Crippen LogP contribution is -2.16. The average Bonchev–Trinajstić information content (AvgIpc) is 2.83. The first kappa shape index (κ1) is 11.3. The summed E-state index contributed by atoms with van der Waals surface area (Å²) in [6.07, 6.45) is 2.53. The van der Waals surface area contributed by atoms with Crippen molar-refractivity contribution in [3.8, 4) is 0 Å². The molecule has 0 fully saturated rings. The monoisotopic (exact) mass is 284 g/mol. The fourth-order valence-corrected chi connectivity index (χ4v) is 1.70. The second-order valence-corrected chi connectivity index (χ2v) is 4.25. The number of nitrogens with one attached hydrogen (secondary N) is 1. The van der Waals surface area contributed by atoms with E-state index in [0.29, 0.717) is 0 Å². The maximum atomic E-state index is 5.36. The van der Waals surface area contributed by atoms with Crippen LogP contribution in [0, 0.1) is 0 Å². The molecule has 0 aliphatic carbocycles. The van der Waals surface area contributed by atoms with E-state index in [9.17, 15) is 0 Å². The number of hydrogen-bond acceptors (Lipinski definition) is 4. The summed E-state index contributed by atoms with van der Waals surface area (Å²) >= 11 is 3.26. The number of halogens is 1. The van der Waals surface area contributed by atoms with E-state index < -0.39 is 0 Å². The topological polar surface area (TPSA) is 55.9 Å². The summed E-state index contributed by atoms with van der Waals surface area (Å²) in [7, 11) is 1.87. The largest absolute Gasteiger partial charge is 0.453 e. The van der Waals surface area contributed by atoms with Crippen LogP contribution in [0.1, 0.15) is 11.6 Å². The maximum Gasteiger partial charge on any atom is 0.169 e. The van der Waals surface area contributed by atoms with Crippen molar-refractivity contribution < 1.29 is 4.42 Å². The Morgan fingerprint density at radius 1 is 1.50 bits per heavy atom. The zero-order chi connectivity index (χ0) is 11.4. The molecule has 0 spiro atoms. The highest BCUT2D eigenvalue weighted by Crippen LogP contribution is 2.13. The molecular weight excluding hydrogens is 272 g/mol. The quantitative estimate of drug-likeness (QED) is 0.846. The van der Waals surface area contributed by atoms with Gasteiger partial charge in [0.15, 0.2) is 10.5 Å². The lowest BCUT2D eigenvalue weighted by atomic mass is 10.4.